The quantitative estimate of drug-likeness (QED) is 0.828. The summed E-state index contributed by atoms with van der Waals surface area (Å²) in [6.07, 6.45) is 4.74. The fourth-order valence-electron chi connectivity index (χ4n) is 1.53. The Morgan fingerprint density at radius 2 is 2.00 bits per heavy atom. The minimum atomic E-state index is -0.241. The lowest BCUT2D eigenvalue weighted by molar-refractivity contribution is -0.111. The highest BCUT2D eigenvalue weighted by atomic mass is 16.3. The average molecular weight is 254 g/mol. The molecular weight excluding hydrogens is 240 g/mol. The van der Waals surface area contributed by atoms with Gasteiger partial charge in [-0.25, -0.2) is 4.98 Å². The van der Waals surface area contributed by atoms with E-state index in [-0.39, 0.29) is 11.7 Å². The van der Waals surface area contributed by atoms with E-state index in [1.165, 1.54) is 6.08 Å². The summed E-state index contributed by atoms with van der Waals surface area (Å²) in [7, 11) is 0. The Kier molecular flexibility index (Phi) is 3.93. The molecule has 0 spiro atoms. The molecular formula is C15H14N2O2. The number of rotatable bonds is 3. The molecule has 0 saturated heterocycles. The second kappa shape index (κ2) is 5.82. The highest BCUT2D eigenvalue weighted by Crippen LogP contribution is 2.12. The van der Waals surface area contributed by atoms with Crippen LogP contribution in [0.15, 0.2) is 48.7 Å². The fourth-order valence-corrected chi connectivity index (χ4v) is 1.53. The number of carbonyl (C=O) groups is 1. The number of nitrogens with zero attached hydrogens (tertiary/aromatic N) is 1. The summed E-state index contributed by atoms with van der Waals surface area (Å²) in [4.78, 5) is 15.8. The first-order valence-electron chi connectivity index (χ1n) is 5.85. The molecule has 0 fully saturated rings. The zero-order valence-electron chi connectivity index (χ0n) is 10.5. The maximum absolute atomic E-state index is 11.7. The zero-order chi connectivity index (χ0) is 13.7. The summed E-state index contributed by atoms with van der Waals surface area (Å²) in [6.45, 7) is 1.88. The highest BCUT2D eigenvalue weighted by Gasteiger charge is 2.01. The molecule has 0 aliphatic carbocycles. The molecule has 1 aromatic heterocycles. The van der Waals surface area contributed by atoms with Gasteiger partial charge in [0.2, 0.25) is 5.91 Å². The third kappa shape index (κ3) is 3.67. The number of phenolic OH excluding ortho intramolecular Hbond substituents is 1. The molecule has 0 bridgehead atoms. The number of nitrogens with one attached hydrogen (secondary N) is 1. The van der Waals surface area contributed by atoms with Crippen LogP contribution in [0.5, 0.6) is 5.75 Å². The standard InChI is InChI=1S/C15H14N2O2/c1-11-3-2-10-16-15(11)17-14(19)9-6-12-4-7-13(18)8-5-12/h2-10,18H,1H3,(H,16,17,19)/b9-6+. The van der Waals surface area contributed by atoms with Crippen molar-refractivity contribution in [1.29, 1.82) is 0 Å². The van der Waals surface area contributed by atoms with Gasteiger partial charge in [0.05, 0.1) is 0 Å². The van der Waals surface area contributed by atoms with E-state index in [1.807, 2.05) is 19.1 Å². The number of anilines is 1. The van der Waals surface area contributed by atoms with Crippen molar-refractivity contribution >= 4 is 17.8 Å². The van der Waals surface area contributed by atoms with E-state index >= 15 is 0 Å². The molecule has 4 nitrogen and oxygen atoms in total. The SMILES string of the molecule is Cc1cccnc1NC(=O)/C=C/c1ccc(O)cc1. The van der Waals surface area contributed by atoms with Gasteiger partial charge in [0.25, 0.3) is 0 Å². The summed E-state index contributed by atoms with van der Waals surface area (Å²) in [6, 6.07) is 10.3. The van der Waals surface area contributed by atoms with E-state index in [1.54, 1.807) is 36.5 Å². The van der Waals surface area contributed by atoms with Gasteiger partial charge in [-0.3, -0.25) is 4.79 Å². The first-order valence-corrected chi connectivity index (χ1v) is 5.85. The maximum atomic E-state index is 11.7. The molecule has 0 aliphatic rings. The third-order valence-corrected chi connectivity index (χ3v) is 2.57. The van der Waals surface area contributed by atoms with Gasteiger partial charge in [-0.1, -0.05) is 18.2 Å². The van der Waals surface area contributed by atoms with E-state index < -0.39 is 0 Å². The van der Waals surface area contributed by atoms with Crippen molar-refractivity contribution < 1.29 is 9.90 Å². The Balaban J connectivity index is 2.02. The molecule has 96 valence electrons. The normalized spacial score (nSPS) is 10.6. The number of carbonyl (C=O) groups excluding carboxylic acids is 1. The molecule has 2 aromatic rings. The van der Waals surface area contributed by atoms with E-state index in [2.05, 4.69) is 10.3 Å². The van der Waals surface area contributed by atoms with Gasteiger partial charge >= 0.3 is 0 Å². The minimum Gasteiger partial charge on any atom is -0.508 e. The van der Waals surface area contributed by atoms with Crippen LogP contribution in [0.2, 0.25) is 0 Å². The predicted molar refractivity (Wildman–Crippen MR) is 74.7 cm³/mol. The van der Waals surface area contributed by atoms with Gasteiger partial charge in [-0.15, -0.1) is 0 Å². The summed E-state index contributed by atoms with van der Waals surface area (Å²) < 4.78 is 0. The topological polar surface area (TPSA) is 62.2 Å². The van der Waals surface area contributed by atoms with Crippen LogP contribution >= 0.6 is 0 Å². The number of hydrogen-bond donors (Lipinski definition) is 2. The number of pyridine rings is 1. The predicted octanol–water partition coefficient (Wildman–Crippen LogP) is 2.75. The van der Waals surface area contributed by atoms with Crippen molar-refractivity contribution in [2.75, 3.05) is 5.32 Å². The lowest BCUT2D eigenvalue weighted by Crippen LogP contribution is -2.10. The van der Waals surface area contributed by atoms with Crippen LogP contribution in [0.4, 0.5) is 5.82 Å². The van der Waals surface area contributed by atoms with Gasteiger partial charge in [0, 0.05) is 12.3 Å². The van der Waals surface area contributed by atoms with Gasteiger partial charge in [0.1, 0.15) is 11.6 Å². The van der Waals surface area contributed by atoms with Crippen LogP contribution in [-0.2, 0) is 4.79 Å². The second-order valence-electron chi connectivity index (χ2n) is 4.08. The van der Waals surface area contributed by atoms with Crippen LogP contribution in [0, 0.1) is 6.92 Å². The number of aromatic hydroxyl groups is 1. The van der Waals surface area contributed by atoms with Crippen LogP contribution in [0.3, 0.4) is 0 Å². The van der Waals surface area contributed by atoms with Crippen LogP contribution in [0.1, 0.15) is 11.1 Å². The van der Waals surface area contributed by atoms with Crippen molar-refractivity contribution in [2.45, 2.75) is 6.92 Å². The van der Waals surface area contributed by atoms with E-state index in [0.29, 0.717) is 5.82 Å². The molecule has 0 atom stereocenters. The van der Waals surface area contributed by atoms with Crippen molar-refractivity contribution in [2.24, 2.45) is 0 Å². The summed E-state index contributed by atoms with van der Waals surface area (Å²) in [5, 5.41) is 11.9. The maximum Gasteiger partial charge on any atom is 0.249 e. The number of amides is 1. The first kappa shape index (κ1) is 12.8. The summed E-state index contributed by atoms with van der Waals surface area (Å²) >= 11 is 0. The fraction of sp³-hybridized carbons (Fsp3) is 0.0667. The highest BCUT2D eigenvalue weighted by molar-refractivity contribution is 6.01. The van der Waals surface area contributed by atoms with E-state index in [4.69, 9.17) is 5.11 Å². The van der Waals surface area contributed by atoms with Crippen LogP contribution in [0.25, 0.3) is 6.08 Å². The van der Waals surface area contributed by atoms with Crippen molar-refractivity contribution in [3.63, 3.8) is 0 Å². The molecule has 19 heavy (non-hydrogen) atoms. The lowest BCUT2D eigenvalue weighted by atomic mass is 10.2. The van der Waals surface area contributed by atoms with Gasteiger partial charge in [-0.05, 0) is 42.3 Å². The number of aryl methyl sites for hydroxylation is 1. The largest absolute Gasteiger partial charge is 0.508 e. The van der Waals surface area contributed by atoms with E-state index in [9.17, 15) is 4.79 Å². The third-order valence-electron chi connectivity index (χ3n) is 2.57. The lowest BCUT2D eigenvalue weighted by Gasteiger charge is -2.03. The van der Waals surface area contributed by atoms with Crippen LogP contribution in [-0.4, -0.2) is 16.0 Å². The zero-order valence-corrected chi connectivity index (χ0v) is 10.5. The van der Waals surface area contributed by atoms with Crippen molar-refractivity contribution in [1.82, 2.24) is 4.98 Å². The van der Waals surface area contributed by atoms with Crippen LogP contribution < -0.4 is 5.32 Å². The molecule has 0 radical (unpaired) electrons. The molecule has 0 saturated carbocycles. The first-order chi connectivity index (χ1) is 9.15. The monoisotopic (exact) mass is 254 g/mol. The average Bonchev–Trinajstić information content (AvgIpc) is 2.41. The van der Waals surface area contributed by atoms with E-state index in [0.717, 1.165) is 11.1 Å². The molecule has 2 N–H and O–H groups in total. The molecule has 0 unspecified atom stereocenters. The van der Waals surface area contributed by atoms with Crippen molar-refractivity contribution in [3.8, 4) is 5.75 Å². The van der Waals surface area contributed by atoms with Gasteiger partial charge in [0.15, 0.2) is 0 Å². The molecule has 2 rings (SSSR count). The summed E-state index contributed by atoms with van der Waals surface area (Å²) in [5.74, 6) is 0.517. The van der Waals surface area contributed by atoms with Gasteiger partial charge < -0.3 is 10.4 Å². The smallest absolute Gasteiger partial charge is 0.249 e. The summed E-state index contributed by atoms with van der Waals surface area (Å²) in [5.41, 5.74) is 1.75. The van der Waals surface area contributed by atoms with Crippen molar-refractivity contribution in [3.05, 3.63) is 59.8 Å². The molecule has 0 aliphatic heterocycles. The number of aromatic nitrogens is 1. The molecule has 1 aromatic carbocycles. The minimum absolute atomic E-state index is 0.200. The van der Waals surface area contributed by atoms with Gasteiger partial charge in [-0.2, -0.15) is 0 Å². The Morgan fingerprint density at radius 3 is 2.68 bits per heavy atom. The number of benzene rings is 1. The number of phenols is 1. The Hall–Kier alpha value is -2.62. The molecule has 4 heteroatoms. The molecule has 1 heterocycles. The Bertz CT molecular complexity index is 604. The Morgan fingerprint density at radius 1 is 1.26 bits per heavy atom. The second-order valence-corrected chi connectivity index (χ2v) is 4.08. The Labute approximate surface area is 111 Å². The number of hydrogen-bond acceptors (Lipinski definition) is 3. The molecule has 1 amide bonds.